The van der Waals surface area contributed by atoms with Crippen LogP contribution in [0.5, 0.6) is 0 Å². The average molecular weight is 129 g/mol. The van der Waals surface area contributed by atoms with E-state index in [1.807, 2.05) is 7.05 Å². The van der Waals surface area contributed by atoms with E-state index in [-0.39, 0.29) is 0 Å². The summed E-state index contributed by atoms with van der Waals surface area (Å²) < 4.78 is 0. The van der Waals surface area contributed by atoms with Crippen LogP contribution in [0.1, 0.15) is 33.1 Å². The van der Waals surface area contributed by atoms with E-state index in [4.69, 9.17) is 0 Å². The smallest absolute Gasteiger partial charge is 0.00518 e. The van der Waals surface area contributed by atoms with Gasteiger partial charge in [0.1, 0.15) is 0 Å². The molecule has 0 bridgehead atoms. The first-order valence-corrected chi connectivity index (χ1v) is 3.95. The van der Waals surface area contributed by atoms with Gasteiger partial charge in [0.05, 0.1) is 0 Å². The van der Waals surface area contributed by atoms with Crippen molar-refractivity contribution in [2.45, 2.75) is 33.1 Å². The van der Waals surface area contributed by atoms with Crippen molar-refractivity contribution in [3.05, 3.63) is 0 Å². The van der Waals surface area contributed by atoms with Crippen LogP contribution in [0.15, 0.2) is 0 Å². The highest BCUT2D eigenvalue weighted by molar-refractivity contribution is 4.50. The molecule has 56 valence electrons. The summed E-state index contributed by atoms with van der Waals surface area (Å²) in [7, 11) is 2.01. The Bertz CT molecular complexity index is 52.5. The molecule has 0 saturated heterocycles. The average Bonchev–Trinajstić information content (AvgIpc) is 1.89. The number of hydrogen-bond donors (Lipinski definition) is 1. The van der Waals surface area contributed by atoms with Gasteiger partial charge in [0.15, 0.2) is 0 Å². The van der Waals surface area contributed by atoms with Gasteiger partial charge < -0.3 is 5.32 Å². The van der Waals surface area contributed by atoms with E-state index >= 15 is 0 Å². The van der Waals surface area contributed by atoms with E-state index < -0.39 is 0 Å². The minimum absolute atomic E-state index is 0.915. The third kappa shape index (κ3) is 5.84. The van der Waals surface area contributed by atoms with Crippen molar-refractivity contribution in [1.29, 1.82) is 0 Å². The third-order valence-electron chi connectivity index (χ3n) is 1.82. The molecule has 0 unspecified atom stereocenters. The van der Waals surface area contributed by atoms with Crippen LogP contribution in [0.25, 0.3) is 0 Å². The molecule has 0 amide bonds. The molecule has 0 aromatic rings. The van der Waals surface area contributed by atoms with E-state index in [0.717, 1.165) is 5.92 Å². The van der Waals surface area contributed by atoms with Crippen molar-refractivity contribution < 1.29 is 0 Å². The second kappa shape index (κ2) is 6.09. The molecule has 0 aliphatic carbocycles. The van der Waals surface area contributed by atoms with Crippen molar-refractivity contribution >= 4 is 0 Å². The fraction of sp³-hybridized carbons (Fsp3) is 1.00. The van der Waals surface area contributed by atoms with Crippen LogP contribution in [0.4, 0.5) is 0 Å². The van der Waals surface area contributed by atoms with Gasteiger partial charge in [-0.25, -0.2) is 0 Å². The van der Waals surface area contributed by atoms with Gasteiger partial charge in [-0.1, -0.05) is 20.3 Å². The highest BCUT2D eigenvalue weighted by Gasteiger charge is 1.95. The van der Waals surface area contributed by atoms with E-state index in [1.54, 1.807) is 0 Å². The number of nitrogens with one attached hydrogen (secondary N) is 1. The lowest BCUT2D eigenvalue weighted by Gasteiger charge is -2.06. The summed E-state index contributed by atoms with van der Waals surface area (Å²) in [6, 6.07) is 0. The third-order valence-corrected chi connectivity index (χ3v) is 1.82. The van der Waals surface area contributed by atoms with E-state index in [2.05, 4.69) is 19.2 Å². The molecule has 1 heteroatoms. The van der Waals surface area contributed by atoms with Crippen LogP contribution >= 0.6 is 0 Å². The van der Waals surface area contributed by atoms with E-state index in [0.29, 0.717) is 0 Å². The first-order chi connectivity index (χ1) is 4.31. The molecule has 0 aromatic carbocycles. The van der Waals surface area contributed by atoms with Crippen LogP contribution in [-0.2, 0) is 0 Å². The van der Waals surface area contributed by atoms with Gasteiger partial charge in [0.25, 0.3) is 0 Å². The van der Waals surface area contributed by atoms with Crippen LogP contribution in [0.3, 0.4) is 0 Å². The fourth-order valence-corrected chi connectivity index (χ4v) is 0.831. The second-order valence-corrected chi connectivity index (χ2v) is 2.76. The number of rotatable bonds is 5. The van der Waals surface area contributed by atoms with Crippen molar-refractivity contribution in [2.75, 3.05) is 13.6 Å². The summed E-state index contributed by atoms with van der Waals surface area (Å²) >= 11 is 0. The summed E-state index contributed by atoms with van der Waals surface area (Å²) in [6.45, 7) is 5.74. The topological polar surface area (TPSA) is 12.0 Å². The Labute approximate surface area is 58.8 Å². The maximum absolute atomic E-state index is 3.15. The quantitative estimate of drug-likeness (QED) is 0.560. The van der Waals surface area contributed by atoms with Gasteiger partial charge in [-0.15, -0.1) is 0 Å². The molecule has 0 aliphatic rings. The van der Waals surface area contributed by atoms with Crippen LogP contribution in [0.2, 0.25) is 0 Å². The molecule has 0 fully saturated rings. The largest absolute Gasteiger partial charge is 0.320 e. The minimum atomic E-state index is 0.915. The standard InChI is InChI=1S/C8H19N/c1-4-8(2)6-5-7-9-3/h8-9H,4-7H2,1-3H3/t8-/m1/s1. The molecule has 0 saturated carbocycles. The Morgan fingerprint density at radius 2 is 2.11 bits per heavy atom. The molecular weight excluding hydrogens is 110 g/mol. The molecule has 0 radical (unpaired) electrons. The van der Waals surface area contributed by atoms with Gasteiger partial charge in [-0.05, 0) is 32.4 Å². The van der Waals surface area contributed by atoms with Gasteiger partial charge >= 0.3 is 0 Å². The van der Waals surface area contributed by atoms with Gasteiger partial charge in [0, 0.05) is 0 Å². The summed E-state index contributed by atoms with van der Waals surface area (Å²) in [4.78, 5) is 0. The van der Waals surface area contributed by atoms with Gasteiger partial charge in [0.2, 0.25) is 0 Å². The summed E-state index contributed by atoms with van der Waals surface area (Å²) in [6.07, 6.45) is 4.02. The minimum Gasteiger partial charge on any atom is -0.320 e. The first-order valence-electron chi connectivity index (χ1n) is 3.95. The number of hydrogen-bond acceptors (Lipinski definition) is 1. The Morgan fingerprint density at radius 1 is 1.44 bits per heavy atom. The van der Waals surface area contributed by atoms with Gasteiger partial charge in [-0.2, -0.15) is 0 Å². The van der Waals surface area contributed by atoms with Crippen molar-refractivity contribution in [3.8, 4) is 0 Å². The second-order valence-electron chi connectivity index (χ2n) is 2.76. The summed E-state index contributed by atoms with van der Waals surface area (Å²) in [5.41, 5.74) is 0. The van der Waals surface area contributed by atoms with Crippen LogP contribution < -0.4 is 5.32 Å². The lowest BCUT2D eigenvalue weighted by Crippen LogP contribution is -2.08. The van der Waals surface area contributed by atoms with Gasteiger partial charge in [-0.3, -0.25) is 0 Å². The molecule has 9 heavy (non-hydrogen) atoms. The molecule has 0 aliphatic heterocycles. The van der Waals surface area contributed by atoms with Crippen molar-refractivity contribution in [2.24, 2.45) is 5.92 Å². The highest BCUT2D eigenvalue weighted by atomic mass is 14.8. The van der Waals surface area contributed by atoms with E-state index in [9.17, 15) is 0 Å². The monoisotopic (exact) mass is 129 g/mol. The molecule has 0 spiro atoms. The molecule has 0 aromatic heterocycles. The van der Waals surface area contributed by atoms with Crippen molar-refractivity contribution in [1.82, 2.24) is 5.32 Å². The van der Waals surface area contributed by atoms with E-state index in [1.165, 1.54) is 25.8 Å². The maximum atomic E-state index is 3.15. The molecule has 1 N–H and O–H groups in total. The Hall–Kier alpha value is -0.0400. The zero-order valence-corrected chi connectivity index (χ0v) is 6.91. The SMILES string of the molecule is CC[C@@H](C)CCCNC. The molecular formula is C8H19N. The van der Waals surface area contributed by atoms with Crippen LogP contribution in [-0.4, -0.2) is 13.6 Å². The predicted octanol–water partition coefficient (Wildman–Crippen LogP) is 2.03. The Balaban J connectivity index is 2.88. The van der Waals surface area contributed by atoms with Crippen LogP contribution in [0, 0.1) is 5.92 Å². The summed E-state index contributed by atoms with van der Waals surface area (Å²) in [5, 5.41) is 3.15. The Morgan fingerprint density at radius 3 is 2.56 bits per heavy atom. The maximum Gasteiger partial charge on any atom is -0.00518 e. The normalized spacial score (nSPS) is 13.7. The molecule has 1 atom stereocenters. The zero-order valence-electron chi connectivity index (χ0n) is 6.91. The molecule has 0 rings (SSSR count). The zero-order chi connectivity index (χ0) is 7.11. The molecule has 1 nitrogen and oxygen atoms in total. The Kier molecular flexibility index (Phi) is 6.06. The van der Waals surface area contributed by atoms with Crippen molar-refractivity contribution in [3.63, 3.8) is 0 Å². The lowest BCUT2D eigenvalue weighted by atomic mass is 10.0. The summed E-state index contributed by atoms with van der Waals surface area (Å²) in [5.74, 6) is 0.915. The first kappa shape index (κ1) is 8.96. The predicted molar refractivity (Wildman–Crippen MR) is 42.6 cm³/mol. The lowest BCUT2D eigenvalue weighted by molar-refractivity contribution is 0.489. The molecule has 0 heterocycles. The fourth-order valence-electron chi connectivity index (χ4n) is 0.831. The highest BCUT2D eigenvalue weighted by Crippen LogP contribution is 2.07.